The van der Waals surface area contributed by atoms with Crippen LogP contribution in [0, 0.1) is 3.95 Å². The summed E-state index contributed by atoms with van der Waals surface area (Å²) in [5.41, 5.74) is 0.798. The van der Waals surface area contributed by atoms with E-state index in [9.17, 15) is 5.11 Å². The van der Waals surface area contributed by atoms with Gasteiger partial charge in [0.1, 0.15) is 4.88 Å². The molecule has 0 aliphatic heterocycles. The molecule has 2 aromatic rings. The molecule has 0 unspecified atom stereocenters. The predicted molar refractivity (Wildman–Crippen MR) is 95.6 cm³/mol. The Hall–Kier alpha value is -1.17. The Morgan fingerprint density at radius 3 is 2.59 bits per heavy atom. The molecule has 0 atom stereocenters. The van der Waals surface area contributed by atoms with E-state index in [1.165, 1.54) is 30.6 Å². The third-order valence-corrected chi connectivity index (χ3v) is 5.52. The summed E-state index contributed by atoms with van der Waals surface area (Å²) in [6.07, 6.45) is 7.54. The number of hydrogen-bond donors (Lipinski definition) is 1. The van der Waals surface area contributed by atoms with Crippen LogP contribution in [0.25, 0.3) is 0 Å². The van der Waals surface area contributed by atoms with Crippen molar-refractivity contribution in [2.75, 3.05) is 0 Å². The molecule has 0 saturated heterocycles. The van der Waals surface area contributed by atoms with Crippen molar-refractivity contribution >= 4 is 47.1 Å². The molecule has 1 heterocycles. The minimum absolute atomic E-state index is 0.250. The molecule has 22 heavy (non-hydrogen) atoms. The molecule has 1 saturated carbocycles. The molecule has 116 valence electrons. The van der Waals surface area contributed by atoms with Gasteiger partial charge in [0.15, 0.2) is 3.95 Å². The fraction of sp³-hybridized carbons (Fsp3) is 0.375. The molecule has 1 fully saturated rings. The van der Waals surface area contributed by atoms with Crippen LogP contribution in [-0.2, 0) is 0 Å². The van der Waals surface area contributed by atoms with Gasteiger partial charge in [0.25, 0.3) is 0 Å². The number of benzene rings is 1. The van der Waals surface area contributed by atoms with Gasteiger partial charge < -0.3 is 5.11 Å². The van der Waals surface area contributed by atoms with Crippen LogP contribution in [0.4, 0.5) is 5.69 Å². The molecule has 3 nitrogen and oxygen atoms in total. The number of nitrogens with zero attached hydrogens (tertiary/aromatic N) is 2. The maximum absolute atomic E-state index is 10.5. The van der Waals surface area contributed by atoms with Gasteiger partial charge in [-0.3, -0.25) is 9.56 Å². The van der Waals surface area contributed by atoms with Crippen molar-refractivity contribution < 1.29 is 5.11 Å². The lowest BCUT2D eigenvalue weighted by atomic mass is 9.95. The Labute approximate surface area is 143 Å². The molecule has 1 aliphatic carbocycles. The molecule has 1 aromatic carbocycles. The van der Waals surface area contributed by atoms with E-state index in [0.717, 1.165) is 22.5 Å². The molecule has 1 N–H and O–H groups in total. The van der Waals surface area contributed by atoms with Crippen LogP contribution in [0.2, 0.25) is 5.02 Å². The van der Waals surface area contributed by atoms with Gasteiger partial charge in [-0.2, -0.15) is 0 Å². The first-order valence-electron chi connectivity index (χ1n) is 7.39. The number of hydrogen-bond acceptors (Lipinski definition) is 4. The van der Waals surface area contributed by atoms with Crippen LogP contribution in [0.5, 0.6) is 5.88 Å². The lowest BCUT2D eigenvalue weighted by molar-refractivity contribution is 0.312. The fourth-order valence-electron chi connectivity index (χ4n) is 2.80. The smallest absolute Gasteiger partial charge is 0.212 e. The minimum Gasteiger partial charge on any atom is -0.493 e. The Morgan fingerprint density at radius 1 is 1.23 bits per heavy atom. The highest BCUT2D eigenvalue weighted by atomic mass is 35.5. The van der Waals surface area contributed by atoms with E-state index in [0.29, 0.717) is 15.9 Å². The van der Waals surface area contributed by atoms with E-state index in [-0.39, 0.29) is 5.88 Å². The molecule has 1 aromatic heterocycles. The lowest BCUT2D eigenvalue weighted by Crippen LogP contribution is -2.12. The van der Waals surface area contributed by atoms with Gasteiger partial charge in [-0.15, -0.1) is 0 Å². The van der Waals surface area contributed by atoms with E-state index in [1.54, 1.807) is 18.3 Å². The summed E-state index contributed by atoms with van der Waals surface area (Å²) in [6, 6.07) is 7.60. The van der Waals surface area contributed by atoms with Gasteiger partial charge in [-0.1, -0.05) is 42.2 Å². The van der Waals surface area contributed by atoms with Crippen molar-refractivity contribution in [1.82, 2.24) is 4.57 Å². The number of aromatic nitrogens is 1. The maximum Gasteiger partial charge on any atom is 0.212 e. The fourth-order valence-corrected chi connectivity index (χ4v) is 4.25. The maximum atomic E-state index is 10.5. The van der Waals surface area contributed by atoms with Crippen molar-refractivity contribution in [2.24, 2.45) is 4.99 Å². The van der Waals surface area contributed by atoms with Crippen molar-refractivity contribution in [3.63, 3.8) is 0 Å². The summed E-state index contributed by atoms with van der Waals surface area (Å²) in [5, 5.41) is 11.2. The van der Waals surface area contributed by atoms with Gasteiger partial charge in [-0.25, -0.2) is 0 Å². The zero-order chi connectivity index (χ0) is 15.5. The molecule has 0 radical (unpaired) electrons. The zero-order valence-corrected chi connectivity index (χ0v) is 14.4. The minimum atomic E-state index is 0.250. The Morgan fingerprint density at radius 2 is 1.91 bits per heavy atom. The molecule has 6 heteroatoms. The number of halogens is 1. The van der Waals surface area contributed by atoms with E-state index in [4.69, 9.17) is 23.8 Å². The van der Waals surface area contributed by atoms with Crippen molar-refractivity contribution in [3.05, 3.63) is 38.1 Å². The highest BCUT2D eigenvalue weighted by Gasteiger charge is 2.21. The zero-order valence-electron chi connectivity index (χ0n) is 12.0. The van der Waals surface area contributed by atoms with Gasteiger partial charge in [0.05, 0.1) is 11.9 Å². The quantitative estimate of drug-likeness (QED) is 0.552. The van der Waals surface area contributed by atoms with Crippen molar-refractivity contribution in [1.29, 1.82) is 0 Å². The second-order valence-electron chi connectivity index (χ2n) is 5.45. The summed E-state index contributed by atoms with van der Waals surface area (Å²) in [5.74, 6) is 0.250. The molecular weight excluding hydrogens is 336 g/mol. The van der Waals surface area contributed by atoms with Crippen molar-refractivity contribution in [2.45, 2.75) is 38.1 Å². The van der Waals surface area contributed by atoms with Crippen LogP contribution < -0.4 is 0 Å². The second-order valence-corrected chi connectivity index (χ2v) is 7.56. The van der Waals surface area contributed by atoms with Crippen molar-refractivity contribution in [3.8, 4) is 5.88 Å². The van der Waals surface area contributed by atoms with E-state index < -0.39 is 0 Å². The number of aromatic hydroxyl groups is 1. The summed E-state index contributed by atoms with van der Waals surface area (Å²) in [6.45, 7) is 0. The standard InChI is InChI=1S/C16H17ClN2OS2/c17-11-6-8-12(9-7-11)18-10-14-15(20)19(16(21)22-14)13-4-2-1-3-5-13/h6-10,13,20H,1-5H2. The van der Waals surface area contributed by atoms with Gasteiger partial charge >= 0.3 is 0 Å². The third kappa shape index (κ3) is 3.42. The molecular formula is C16H17ClN2OS2. The summed E-state index contributed by atoms with van der Waals surface area (Å²) >= 11 is 12.7. The topological polar surface area (TPSA) is 37.5 Å². The summed E-state index contributed by atoms with van der Waals surface area (Å²) in [7, 11) is 0. The monoisotopic (exact) mass is 352 g/mol. The summed E-state index contributed by atoms with van der Waals surface area (Å²) in [4.78, 5) is 5.10. The van der Waals surface area contributed by atoms with Gasteiger partial charge in [0.2, 0.25) is 5.88 Å². The molecule has 3 rings (SSSR count). The Balaban J connectivity index is 1.85. The molecule has 0 spiro atoms. The van der Waals surface area contributed by atoms with Crippen LogP contribution in [0.3, 0.4) is 0 Å². The Kier molecular flexibility index (Phi) is 4.96. The van der Waals surface area contributed by atoms with Crippen LogP contribution in [0.1, 0.15) is 43.0 Å². The van der Waals surface area contributed by atoms with E-state index in [1.807, 2.05) is 16.7 Å². The average Bonchev–Trinajstić information content (AvgIpc) is 2.82. The normalized spacial score (nSPS) is 16.4. The molecule has 0 amide bonds. The average molecular weight is 353 g/mol. The van der Waals surface area contributed by atoms with Gasteiger partial charge in [0, 0.05) is 11.1 Å². The Bertz CT molecular complexity index is 728. The van der Waals surface area contributed by atoms with E-state index in [2.05, 4.69) is 4.99 Å². The SMILES string of the molecule is Oc1c(C=Nc2ccc(Cl)cc2)sc(=S)n1C1CCCCC1. The highest BCUT2D eigenvalue weighted by molar-refractivity contribution is 7.73. The number of rotatable bonds is 3. The lowest BCUT2D eigenvalue weighted by Gasteiger charge is -2.23. The first kappa shape index (κ1) is 15.7. The first-order valence-corrected chi connectivity index (χ1v) is 8.99. The van der Waals surface area contributed by atoms with Crippen LogP contribution in [-0.4, -0.2) is 15.9 Å². The predicted octanol–water partition coefficient (Wildman–Crippen LogP) is 5.89. The first-order chi connectivity index (χ1) is 10.6. The summed E-state index contributed by atoms with van der Waals surface area (Å²) < 4.78 is 2.63. The van der Waals surface area contributed by atoms with E-state index >= 15 is 0 Å². The largest absolute Gasteiger partial charge is 0.493 e. The molecule has 1 aliphatic rings. The second kappa shape index (κ2) is 6.94. The van der Waals surface area contributed by atoms with Crippen LogP contribution >= 0.6 is 35.2 Å². The third-order valence-electron chi connectivity index (χ3n) is 3.94. The number of aliphatic imine (C=N–C) groups is 1. The number of thiazole rings is 1. The van der Waals surface area contributed by atoms with Gasteiger partial charge in [-0.05, 0) is 49.3 Å². The molecule has 0 bridgehead atoms. The highest BCUT2D eigenvalue weighted by Crippen LogP contribution is 2.36. The van der Waals surface area contributed by atoms with Crippen LogP contribution in [0.15, 0.2) is 29.3 Å².